The standard InChI is InChI=1S/C25H47FO2/c1-3-5-6-7-8-9-10-11-12-13-14-18-21-24(25(27)28)23(4-2)20-17-15-16-19-22-26/h3-22H2,1-2H3,(H,27,28). The zero-order valence-corrected chi connectivity index (χ0v) is 18.9. The molecule has 0 aromatic rings. The number of alkyl halides is 1. The minimum Gasteiger partial charge on any atom is -0.478 e. The Morgan fingerprint density at radius 3 is 1.50 bits per heavy atom. The average Bonchev–Trinajstić information content (AvgIpc) is 2.69. The fraction of sp³-hybridized carbons (Fsp3) is 0.880. The molecule has 0 spiro atoms. The second kappa shape index (κ2) is 20.9. The van der Waals surface area contributed by atoms with Gasteiger partial charge in [-0.05, 0) is 38.5 Å². The average molecular weight is 399 g/mol. The van der Waals surface area contributed by atoms with Crippen LogP contribution in [-0.4, -0.2) is 17.8 Å². The quantitative estimate of drug-likeness (QED) is 0.155. The summed E-state index contributed by atoms with van der Waals surface area (Å²) in [5.74, 6) is -0.733. The van der Waals surface area contributed by atoms with Gasteiger partial charge in [-0.3, -0.25) is 4.39 Å². The molecule has 0 radical (unpaired) electrons. The van der Waals surface area contributed by atoms with Crippen LogP contribution in [0.5, 0.6) is 0 Å². The maximum absolute atomic E-state index is 12.1. The Labute approximate surface area is 174 Å². The van der Waals surface area contributed by atoms with Gasteiger partial charge in [0.2, 0.25) is 0 Å². The Morgan fingerprint density at radius 2 is 1.07 bits per heavy atom. The van der Waals surface area contributed by atoms with Crippen LogP contribution in [0.1, 0.15) is 136 Å². The lowest BCUT2D eigenvalue weighted by atomic mass is 9.95. The zero-order valence-electron chi connectivity index (χ0n) is 18.9. The third-order valence-electron chi connectivity index (χ3n) is 5.75. The van der Waals surface area contributed by atoms with E-state index in [0.29, 0.717) is 18.4 Å². The van der Waals surface area contributed by atoms with E-state index < -0.39 is 5.97 Å². The molecule has 0 saturated heterocycles. The highest BCUT2D eigenvalue weighted by Gasteiger charge is 2.12. The molecule has 0 fully saturated rings. The molecule has 28 heavy (non-hydrogen) atoms. The Kier molecular flexibility index (Phi) is 20.2. The molecule has 0 atom stereocenters. The van der Waals surface area contributed by atoms with Gasteiger partial charge in [0.1, 0.15) is 0 Å². The Morgan fingerprint density at radius 1 is 0.643 bits per heavy atom. The minimum absolute atomic E-state index is 0.240. The van der Waals surface area contributed by atoms with Crippen molar-refractivity contribution < 1.29 is 14.3 Å². The van der Waals surface area contributed by atoms with Crippen molar-refractivity contribution >= 4 is 5.97 Å². The van der Waals surface area contributed by atoms with Crippen molar-refractivity contribution in [3.8, 4) is 0 Å². The Hall–Kier alpha value is -0.860. The SMILES string of the molecule is CCCCCCCCCCCCCCC(C(=O)O)=C(CC)CCCCCCF. The molecule has 0 aromatic carbocycles. The van der Waals surface area contributed by atoms with Gasteiger partial charge >= 0.3 is 5.97 Å². The van der Waals surface area contributed by atoms with Gasteiger partial charge in [0.05, 0.1) is 6.67 Å². The highest BCUT2D eigenvalue weighted by molar-refractivity contribution is 5.87. The molecule has 166 valence electrons. The number of carboxylic acid groups (broad SMARTS) is 1. The monoisotopic (exact) mass is 398 g/mol. The molecular formula is C25H47FO2. The van der Waals surface area contributed by atoms with Crippen molar-refractivity contribution in [2.45, 2.75) is 136 Å². The summed E-state index contributed by atoms with van der Waals surface area (Å²) in [6.07, 6.45) is 21.5. The molecule has 0 aliphatic heterocycles. The molecule has 0 bridgehead atoms. The summed E-state index contributed by atoms with van der Waals surface area (Å²) in [5.41, 5.74) is 1.76. The molecule has 2 nitrogen and oxygen atoms in total. The second-order valence-corrected chi connectivity index (χ2v) is 8.23. The third-order valence-corrected chi connectivity index (χ3v) is 5.75. The number of carbonyl (C=O) groups is 1. The highest BCUT2D eigenvalue weighted by Crippen LogP contribution is 2.23. The van der Waals surface area contributed by atoms with Crippen LogP contribution in [0.4, 0.5) is 4.39 Å². The second-order valence-electron chi connectivity index (χ2n) is 8.23. The Balaban J connectivity index is 3.88. The lowest BCUT2D eigenvalue weighted by Crippen LogP contribution is -2.05. The largest absolute Gasteiger partial charge is 0.478 e. The van der Waals surface area contributed by atoms with E-state index >= 15 is 0 Å². The van der Waals surface area contributed by atoms with Crippen LogP contribution in [0, 0.1) is 0 Å². The molecule has 0 heterocycles. The van der Waals surface area contributed by atoms with Crippen molar-refractivity contribution in [2.75, 3.05) is 6.67 Å². The predicted octanol–water partition coefficient (Wildman–Crippen LogP) is 8.79. The van der Waals surface area contributed by atoms with Crippen LogP contribution in [0.15, 0.2) is 11.1 Å². The first-order valence-corrected chi connectivity index (χ1v) is 12.2. The fourth-order valence-electron chi connectivity index (χ4n) is 3.91. The molecule has 0 rings (SSSR count). The van der Waals surface area contributed by atoms with Gasteiger partial charge < -0.3 is 5.11 Å². The lowest BCUT2D eigenvalue weighted by molar-refractivity contribution is -0.132. The molecule has 3 heteroatoms. The van der Waals surface area contributed by atoms with Gasteiger partial charge in [0, 0.05) is 5.57 Å². The van der Waals surface area contributed by atoms with E-state index in [0.717, 1.165) is 50.5 Å². The Bertz CT molecular complexity index is 390. The van der Waals surface area contributed by atoms with Crippen molar-refractivity contribution in [3.05, 3.63) is 11.1 Å². The smallest absolute Gasteiger partial charge is 0.331 e. The fourth-order valence-corrected chi connectivity index (χ4v) is 3.91. The van der Waals surface area contributed by atoms with Crippen molar-refractivity contribution in [2.24, 2.45) is 0 Å². The van der Waals surface area contributed by atoms with Gasteiger partial charge in [0.15, 0.2) is 0 Å². The maximum atomic E-state index is 12.1. The molecule has 0 aliphatic rings. The van der Waals surface area contributed by atoms with Gasteiger partial charge in [-0.25, -0.2) is 4.79 Å². The summed E-state index contributed by atoms with van der Waals surface area (Å²) in [5, 5.41) is 9.59. The van der Waals surface area contributed by atoms with Gasteiger partial charge in [-0.15, -0.1) is 0 Å². The van der Waals surface area contributed by atoms with Crippen LogP contribution in [0.25, 0.3) is 0 Å². The summed E-state index contributed by atoms with van der Waals surface area (Å²) >= 11 is 0. The maximum Gasteiger partial charge on any atom is 0.331 e. The molecule has 1 N–H and O–H groups in total. The minimum atomic E-state index is -0.733. The number of hydrogen-bond acceptors (Lipinski definition) is 1. The van der Waals surface area contributed by atoms with E-state index in [1.807, 2.05) is 0 Å². The normalized spacial score (nSPS) is 12.2. The van der Waals surface area contributed by atoms with E-state index in [9.17, 15) is 14.3 Å². The number of hydrogen-bond donors (Lipinski definition) is 1. The third kappa shape index (κ3) is 16.1. The number of halogens is 1. The van der Waals surface area contributed by atoms with Gasteiger partial charge in [0.25, 0.3) is 0 Å². The van der Waals surface area contributed by atoms with E-state index in [1.54, 1.807) is 0 Å². The number of rotatable bonds is 21. The molecule has 0 aliphatic carbocycles. The lowest BCUT2D eigenvalue weighted by Gasteiger charge is -2.11. The summed E-state index contributed by atoms with van der Waals surface area (Å²) in [4.78, 5) is 11.7. The van der Waals surface area contributed by atoms with Gasteiger partial charge in [-0.1, -0.05) is 103 Å². The topological polar surface area (TPSA) is 37.3 Å². The first-order valence-electron chi connectivity index (χ1n) is 12.2. The van der Waals surface area contributed by atoms with Gasteiger partial charge in [-0.2, -0.15) is 0 Å². The number of unbranched alkanes of at least 4 members (excludes halogenated alkanes) is 14. The van der Waals surface area contributed by atoms with E-state index in [-0.39, 0.29) is 6.67 Å². The van der Waals surface area contributed by atoms with Crippen molar-refractivity contribution in [3.63, 3.8) is 0 Å². The van der Waals surface area contributed by atoms with Crippen LogP contribution in [0.3, 0.4) is 0 Å². The molecule has 0 unspecified atom stereocenters. The summed E-state index contributed by atoms with van der Waals surface area (Å²) in [6.45, 7) is 4.08. The number of carboxylic acids is 1. The molecule has 0 amide bonds. The van der Waals surface area contributed by atoms with Crippen LogP contribution in [0.2, 0.25) is 0 Å². The molecule has 0 saturated carbocycles. The zero-order chi connectivity index (χ0) is 20.9. The van der Waals surface area contributed by atoms with Crippen LogP contribution < -0.4 is 0 Å². The van der Waals surface area contributed by atoms with E-state index in [1.165, 1.54) is 64.2 Å². The van der Waals surface area contributed by atoms with Crippen molar-refractivity contribution in [1.29, 1.82) is 0 Å². The predicted molar refractivity (Wildman–Crippen MR) is 120 cm³/mol. The van der Waals surface area contributed by atoms with Crippen LogP contribution >= 0.6 is 0 Å². The summed E-state index contributed by atoms with van der Waals surface area (Å²) in [7, 11) is 0. The summed E-state index contributed by atoms with van der Waals surface area (Å²) < 4.78 is 12.1. The first-order chi connectivity index (χ1) is 13.7. The van der Waals surface area contributed by atoms with Crippen LogP contribution in [-0.2, 0) is 4.79 Å². The molecular weight excluding hydrogens is 351 g/mol. The molecule has 0 aromatic heterocycles. The summed E-state index contributed by atoms with van der Waals surface area (Å²) in [6, 6.07) is 0. The number of allylic oxidation sites excluding steroid dienone is 1. The van der Waals surface area contributed by atoms with E-state index in [2.05, 4.69) is 13.8 Å². The highest BCUT2D eigenvalue weighted by atomic mass is 19.1. The number of aliphatic carboxylic acids is 1. The first kappa shape index (κ1) is 27.1. The van der Waals surface area contributed by atoms with Crippen molar-refractivity contribution in [1.82, 2.24) is 0 Å². The van der Waals surface area contributed by atoms with E-state index in [4.69, 9.17) is 0 Å².